The fraction of sp³-hybridized carbons (Fsp3) is 0.500. The third-order valence-corrected chi connectivity index (χ3v) is 5.55. The predicted octanol–water partition coefficient (Wildman–Crippen LogP) is 2.96. The van der Waals surface area contributed by atoms with Crippen molar-refractivity contribution in [2.75, 3.05) is 0 Å². The molecule has 114 valence electrons. The maximum Gasteiger partial charge on any atom is 0.240 e. The van der Waals surface area contributed by atoms with E-state index in [-0.39, 0.29) is 34.4 Å². The third kappa shape index (κ3) is 4.48. The van der Waals surface area contributed by atoms with Crippen LogP contribution in [0, 0.1) is 0 Å². The van der Waals surface area contributed by atoms with Crippen LogP contribution in [0.15, 0.2) is 23.1 Å². The molecular formula is C12H17Cl3N2O2S. The Kier molecular flexibility index (Phi) is 6.57. The molecule has 0 atom stereocenters. The standard InChI is InChI=1S/C12H16Cl2N2O2S.ClH/c13-11-6-5-10(7-12(11)14)19(17,18)16-9-3-1-8(15)2-4-9;/h5-9,16H,1-4,15H2;1H. The van der Waals surface area contributed by atoms with Crippen LogP contribution in [0.2, 0.25) is 10.0 Å². The minimum Gasteiger partial charge on any atom is -0.328 e. The molecule has 0 aromatic heterocycles. The van der Waals surface area contributed by atoms with E-state index >= 15 is 0 Å². The fourth-order valence-corrected chi connectivity index (χ4v) is 3.86. The van der Waals surface area contributed by atoms with Crippen LogP contribution in [-0.2, 0) is 10.0 Å². The molecule has 8 heteroatoms. The van der Waals surface area contributed by atoms with Crippen molar-refractivity contribution in [1.29, 1.82) is 0 Å². The van der Waals surface area contributed by atoms with Crippen LogP contribution in [0.3, 0.4) is 0 Å². The molecular weight excluding hydrogens is 343 g/mol. The lowest BCUT2D eigenvalue weighted by molar-refractivity contribution is 0.373. The van der Waals surface area contributed by atoms with Crippen LogP contribution in [0.25, 0.3) is 0 Å². The highest BCUT2D eigenvalue weighted by Crippen LogP contribution is 2.26. The summed E-state index contributed by atoms with van der Waals surface area (Å²) in [6.07, 6.45) is 3.21. The van der Waals surface area contributed by atoms with E-state index in [1.165, 1.54) is 18.2 Å². The molecule has 1 saturated carbocycles. The number of sulfonamides is 1. The molecule has 0 radical (unpaired) electrons. The Labute approximate surface area is 135 Å². The second-order valence-corrected chi connectivity index (χ2v) is 7.34. The Hall–Kier alpha value is -0.0400. The minimum atomic E-state index is -3.55. The highest BCUT2D eigenvalue weighted by Gasteiger charge is 2.24. The van der Waals surface area contributed by atoms with Gasteiger partial charge in [0.25, 0.3) is 0 Å². The highest BCUT2D eigenvalue weighted by molar-refractivity contribution is 7.89. The topological polar surface area (TPSA) is 72.2 Å². The van der Waals surface area contributed by atoms with E-state index < -0.39 is 10.0 Å². The summed E-state index contributed by atoms with van der Waals surface area (Å²) in [7, 11) is -3.55. The Morgan fingerprint density at radius 2 is 1.70 bits per heavy atom. The molecule has 1 fully saturated rings. The molecule has 1 aliphatic rings. The van der Waals surface area contributed by atoms with Crippen LogP contribution in [0.4, 0.5) is 0 Å². The number of halogens is 3. The van der Waals surface area contributed by atoms with Gasteiger partial charge in [-0.05, 0) is 43.9 Å². The van der Waals surface area contributed by atoms with Gasteiger partial charge in [0, 0.05) is 12.1 Å². The lowest BCUT2D eigenvalue weighted by Gasteiger charge is -2.26. The Balaban J connectivity index is 0.00000200. The first-order valence-electron chi connectivity index (χ1n) is 6.11. The van der Waals surface area contributed by atoms with Gasteiger partial charge in [0.15, 0.2) is 0 Å². The van der Waals surface area contributed by atoms with E-state index in [4.69, 9.17) is 28.9 Å². The summed E-state index contributed by atoms with van der Waals surface area (Å²) in [6.45, 7) is 0. The molecule has 0 aliphatic heterocycles. The Bertz CT molecular complexity index is 558. The monoisotopic (exact) mass is 358 g/mol. The van der Waals surface area contributed by atoms with Crippen molar-refractivity contribution in [3.8, 4) is 0 Å². The van der Waals surface area contributed by atoms with Crippen LogP contribution in [0.5, 0.6) is 0 Å². The lowest BCUT2D eigenvalue weighted by Crippen LogP contribution is -2.40. The second kappa shape index (κ2) is 7.29. The van der Waals surface area contributed by atoms with Crippen LogP contribution in [-0.4, -0.2) is 20.5 Å². The van der Waals surface area contributed by atoms with Crippen molar-refractivity contribution in [2.45, 2.75) is 42.7 Å². The Morgan fingerprint density at radius 3 is 2.25 bits per heavy atom. The minimum absolute atomic E-state index is 0. The number of rotatable bonds is 3. The van der Waals surface area contributed by atoms with Crippen molar-refractivity contribution in [1.82, 2.24) is 4.72 Å². The first-order valence-corrected chi connectivity index (χ1v) is 8.35. The zero-order valence-corrected chi connectivity index (χ0v) is 13.8. The summed E-state index contributed by atoms with van der Waals surface area (Å²) < 4.78 is 27.1. The van der Waals surface area contributed by atoms with Gasteiger partial charge in [-0.25, -0.2) is 13.1 Å². The molecule has 0 spiro atoms. The normalized spacial score (nSPS) is 23.1. The average Bonchev–Trinajstić information content (AvgIpc) is 2.35. The van der Waals surface area contributed by atoms with Crippen molar-refractivity contribution in [3.05, 3.63) is 28.2 Å². The summed E-state index contributed by atoms with van der Waals surface area (Å²) in [5, 5.41) is 0.569. The molecule has 3 N–H and O–H groups in total. The van der Waals surface area contributed by atoms with Gasteiger partial charge in [-0.2, -0.15) is 0 Å². The molecule has 1 aromatic carbocycles. The van der Waals surface area contributed by atoms with Crippen LogP contribution >= 0.6 is 35.6 Å². The van der Waals surface area contributed by atoms with Crippen molar-refractivity contribution in [3.63, 3.8) is 0 Å². The lowest BCUT2D eigenvalue weighted by atomic mass is 9.93. The molecule has 0 unspecified atom stereocenters. The van der Waals surface area contributed by atoms with Crippen molar-refractivity contribution < 1.29 is 8.42 Å². The molecule has 0 bridgehead atoms. The van der Waals surface area contributed by atoms with E-state index in [2.05, 4.69) is 4.72 Å². The SMILES string of the molecule is Cl.NC1CCC(NS(=O)(=O)c2ccc(Cl)c(Cl)c2)CC1. The average molecular weight is 360 g/mol. The van der Waals surface area contributed by atoms with E-state index in [9.17, 15) is 8.42 Å². The number of nitrogens with two attached hydrogens (primary N) is 1. The summed E-state index contributed by atoms with van der Waals surface area (Å²) in [5.74, 6) is 0. The molecule has 0 amide bonds. The largest absolute Gasteiger partial charge is 0.328 e. The molecule has 0 saturated heterocycles. The quantitative estimate of drug-likeness (QED) is 0.871. The Morgan fingerprint density at radius 1 is 1.10 bits per heavy atom. The second-order valence-electron chi connectivity index (χ2n) is 4.81. The predicted molar refractivity (Wildman–Crippen MR) is 84.3 cm³/mol. The number of benzene rings is 1. The van der Waals surface area contributed by atoms with Crippen LogP contribution < -0.4 is 10.5 Å². The van der Waals surface area contributed by atoms with Crippen molar-refractivity contribution in [2.24, 2.45) is 5.73 Å². The zero-order chi connectivity index (χ0) is 14.0. The maximum atomic E-state index is 12.2. The molecule has 1 aromatic rings. The van der Waals surface area contributed by atoms with E-state index in [1.54, 1.807) is 0 Å². The van der Waals surface area contributed by atoms with Gasteiger partial charge in [0.1, 0.15) is 0 Å². The fourth-order valence-electron chi connectivity index (χ4n) is 2.17. The number of nitrogens with one attached hydrogen (secondary N) is 1. The maximum absolute atomic E-state index is 12.2. The van der Waals surface area contributed by atoms with E-state index in [0.29, 0.717) is 5.02 Å². The van der Waals surface area contributed by atoms with E-state index in [1.807, 2.05) is 0 Å². The zero-order valence-electron chi connectivity index (χ0n) is 10.7. The third-order valence-electron chi connectivity index (χ3n) is 3.30. The van der Waals surface area contributed by atoms with Gasteiger partial charge in [-0.1, -0.05) is 23.2 Å². The molecule has 20 heavy (non-hydrogen) atoms. The van der Waals surface area contributed by atoms with Gasteiger partial charge < -0.3 is 5.73 Å². The van der Waals surface area contributed by atoms with Crippen molar-refractivity contribution >= 4 is 45.6 Å². The van der Waals surface area contributed by atoms with Gasteiger partial charge in [0.05, 0.1) is 14.9 Å². The summed E-state index contributed by atoms with van der Waals surface area (Å²) in [6, 6.07) is 4.42. The summed E-state index contributed by atoms with van der Waals surface area (Å²) in [5.41, 5.74) is 5.80. The van der Waals surface area contributed by atoms with Gasteiger partial charge in [-0.3, -0.25) is 0 Å². The first-order chi connectivity index (χ1) is 8.88. The smallest absolute Gasteiger partial charge is 0.240 e. The van der Waals surface area contributed by atoms with Gasteiger partial charge in [-0.15, -0.1) is 12.4 Å². The van der Waals surface area contributed by atoms with Crippen LogP contribution in [0.1, 0.15) is 25.7 Å². The first kappa shape index (κ1) is 18.0. The molecule has 1 aliphatic carbocycles. The number of hydrogen-bond acceptors (Lipinski definition) is 3. The molecule has 0 heterocycles. The van der Waals surface area contributed by atoms with Gasteiger partial charge >= 0.3 is 0 Å². The van der Waals surface area contributed by atoms with E-state index in [0.717, 1.165) is 25.7 Å². The summed E-state index contributed by atoms with van der Waals surface area (Å²) >= 11 is 11.6. The molecule has 4 nitrogen and oxygen atoms in total. The highest BCUT2D eigenvalue weighted by atomic mass is 35.5. The van der Waals surface area contributed by atoms with Gasteiger partial charge in [0.2, 0.25) is 10.0 Å². The molecule has 2 rings (SSSR count). The number of hydrogen-bond donors (Lipinski definition) is 2. The summed E-state index contributed by atoms with van der Waals surface area (Å²) in [4.78, 5) is 0.136.